The van der Waals surface area contributed by atoms with E-state index < -0.39 is 12.1 Å². The molecule has 0 radical (unpaired) electrons. The van der Waals surface area contributed by atoms with Crippen LogP contribution in [0.4, 0.5) is 11.9 Å². The molecule has 2 aromatic heterocycles. The molecule has 0 saturated heterocycles. The number of aromatic amines is 2. The van der Waals surface area contributed by atoms with E-state index in [-0.39, 0.29) is 18.5 Å². The Bertz CT molecular complexity index is 530. The van der Waals surface area contributed by atoms with Crippen LogP contribution in [0, 0.1) is 0 Å². The van der Waals surface area contributed by atoms with Gasteiger partial charge in [0.25, 0.3) is 12.1 Å². The van der Waals surface area contributed by atoms with Crippen molar-refractivity contribution >= 4 is 17.9 Å². The van der Waals surface area contributed by atoms with Gasteiger partial charge in [0.1, 0.15) is 6.33 Å². The molecule has 0 amide bonds. The van der Waals surface area contributed by atoms with Gasteiger partial charge >= 0.3 is 11.9 Å². The van der Waals surface area contributed by atoms with Gasteiger partial charge in [-0.3, -0.25) is 0 Å². The first kappa shape index (κ1) is 13.3. The van der Waals surface area contributed by atoms with E-state index >= 15 is 0 Å². The summed E-state index contributed by atoms with van der Waals surface area (Å²) in [5.41, 5.74) is 0. The zero-order valence-electron chi connectivity index (χ0n) is 10.2. The summed E-state index contributed by atoms with van der Waals surface area (Å²) in [6.45, 7) is 1.82. The minimum absolute atomic E-state index is 0.0471. The highest BCUT2D eigenvalue weighted by Gasteiger charge is 2.19. The lowest BCUT2D eigenvalue weighted by Gasteiger charge is -2.03. The van der Waals surface area contributed by atoms with Crippen LogP contribution >= 0.6 is 0 Å². The van der Waals surface area contributed by atoms with Gasteiger partial charge in [-0.15, -0.1) is 25.6 Å². The molecule has 2 rings (SSSR count). The molecule has 0 aliphatic rings. The Kier molecular flexibility index (Phi) is 4.47. The first-order valence-electron chi connectivity index (χ1n) is 5.36. The lowest BCUT2D eigenvalue weighted by atomic mass is 10.5. The highest BCUT2D eigenvalue weighted by Crippen LogP contribution is 2.08. The predicted molar refractivity (Wildman–Crippen MR) is 60.0 cm³/mol. The fourth-order valence-electron chi connectivity index (χ4n) is 0.996. The number of nitrogens with one attached hydrogen (secondary N) is 2. The Labute approximate surface area is 111 Å². The van der Waals surface area contributed by atoms with Crippen molar-refractivity contribution in [2.45, 2.75) is 13.1 Å². The second-order valence-corrected chi connectivity index (χ2v) is 3.08. The normalized spacial score (nSPS) is 13.1. The molecule has 1 unspecified atom stereocenters. The van der Waals surface area contributed by atoms with Crippen molar-refractivity contribution in [1.29, 1.82) is 0 Å². The van der Waals surface area contributed by atoms with Crippen molar-refractivity contribution in [3.05, 3.63) is 6.33 Å². The SMILES string of the molecule is CCOC(=O)C(/N=N/c1nn[nH]n1)/N=N/c1ncn[nH]1. The quantitative estimate of drug-likeness (QED) is 0.556. The molecular formula is C7H9N11O2. The molecule has 1 atom stereocenters. The summed E-state index contributed by atoms with van der Waals surface area (Å²) >= 11 is 0. The fraction of sp³-hybridized carbons (Fsp3) is 0.429. The van der Waals surface area contributed by atoms with Gasteiger partial charge in [-0.1, -0.05) is 5.10 Å². The van der Waals surface area contributed by atoms with Crippen LogP contribution in [-0.4, -0.2) is 54.5 Å². The van der Waals surface area contributed by atoms with Gasteiger partial charge in [0.05, 0.1) is 6.61 Å². The third kappa shape index (κ3) is 3.69. The zero-order valence-corrected chi connectivity index (χ0v) is 10.2. The summed E-state index contributed by atoms with van der Waals surface area (Å²) in [7, 11) is 0. The summed E-state index contributed by atoms with van der Waals surface area (Å²) < 4.78 is 4.79. The minimum atomic E-state index is -1.29. The standard InChI is InChI=1S/C7H9N11O2/c1-2-20-5(19)4(10-13-6-8-3-9-12-6)11-14-7-15-17-18-16-7/h3-4H,2H2,1H3,(H,8,9,12)(H,15,16,17,18)/b13-10+,14-11+. The molecule has 2 N–H and O–H groups in total. The zero-order chi connectivity index (χ0) is 14.2. The van der Waals surface area contributed by atoms with Crippen LogP contribution in [0.25, 0.3) is 0 Å². The molecule has 0 aromatic carbocycles. The van der Waals surface area contributed by atoms with Crippen LogP contribution in [0.5, 0.6) is 0 Å². The topological polar surface area (TPSA) is 172 Å². The number of hydrogen-bond acceptors (Lipinski definition) is 11. The van der Waals surface area contributed by atoms with Gasteiger partial charge in [-0.05, 0) is 12.1 Å². The lowest BCUT2D eigenvalue weighted by molar-refractivity contribution is -0.144. The molecule has 0 aliphatic heterocycles. The first-order valence-corrected chi connectivity index (χ1v) is 5.36. The molecule has 0 fully saturated rings. The largest absolute Gasteiger partial charge is 0.463 e. The van der Waals surface area contributed by atoms with Gasteiger partial charge in [0, 0.05) is 0 Å². The average molecular weight is 279 g/mol. The number of esters is 1. The molecule has 0 saturated carbocycles. The maximum absolute atomic E-state index is 11.6. The smallest absolute Gasteiger partial charge is 0.357 e. The second-order valence-electron chi connectivity index (χ2n) is 3.08. The number of ether oxygens (including phenoxy) is 1. The number of azo groups is 2. The monoisotopic (exact) mass is 279 g/mol. The van der Waals surface area contributed by atoms with Gasteiger partial charge in [-0.25, -0.2) is 9.89 Å². The molecule has 0 spiro atoms. The molecule has 13 heteroatoms. The van der Waals surface area contributed by atoms with Crippen molar-refractivity contribution < 1.29 is 9.53 Å². The Morgan fingerprint density at radius 3 is 2.95 bits per heavy atom. The average Bonchev–Trinajstić information content (AvgIpc) is 3.12. The molecule has 20 heavy (non-hydrogen) atoms. The van der Waals surface area contributed by atoms with Crippen LogP contribution < -0.4 is 0 Å². The maximum atomic E-state index is 11.6. The van der Waals surface area contributed by atoms with Crippen LogP contribution in [0.1, 0.15) is 6.92 Å². The van der Waals surface area contributed by atoms with E-state index in [0.717, 1.165) is 0 Å². The van der Waals surface area contributed by atoms with E-state index in [1.54, 1.807) is 6.92 Å². The summed E-state index contributed by atoms with van der Waals surface area (Å²) in [6.07, 6.45) is -0.0484. The number of nitrogens with zero attached hydrogens (tertiary/aromatic N) is 9. The highest BCUT2D eigenvalue weighted by molar-refractivity contribution is 5.75. The lowest BCUT2D eigenvalue weighted by Crippen LogP contribution is -2.18. The number of carbonyl (C=O) groups excluding carboxylic acids is 1. The summed E-state index contributed by atoms with van der Waals surface area (Å²) in [5, 5.41) is 33.1. The molecule has 2 heterocycles. The van der Waals surface area contributed by atoms with E-state index in [1.165, 1.54) is 6.33 Å². The Balaban J connectivity index is 2.10. The van der Waals surface area contributed by atoms with E-state index in [1.807, 2.05) is 0 Å². The number of carbonyl (C=O) groups is 1. The van der Waals surface area contributed by atoms with Gasteiger partial charge in [0.15, 0.2) is 0 Å². The molecule has 0 bridgehead atoms. The van der Waals surface area contributed by atoms with E-state index in [4.69, 9.17) is 4.74 Å². The number of tetrazole rings is 1. The Hall–Kier alpha value is -3.12. The van der Waals surface area contributed by atoms with E-state index in [0.29, 0.717) is 0 Å². The maximum Gasteiger partial charge on any atom is 0.357 e. The summed E-state index contributed by atoms with van der Waals surface area (Å²) in [5.74, 6) is -0.647. The van der Waals surface area contributed by atoms with Crippen LogP contribution in [-0.2, 0) is 9.53 Å². The fourth-order valence-corrected chi connectivity index (χ4v) is 0.996. The van der Waals surface area contributed by atoms with Crippen LogP contribution in [0.15, 0.2) is 26.8 Å². The highest BCUT2D eigenvalue weighted by atomic mass is 16.5. The Morgan fingerprint density at radius 2 is 2.30 bits per heavy atom. The van der Waals surface area contributed by atoms with Crippen molar-refractivity contribution in [2.24, 2.45) is 20.5 Å². The molecular weight excluding hydrogens is 270 g/mol. The number of aromatic nitrogens is 7. The number of H-pyrrole nitrogens is 2. The predicted octanol–water partition coefficient (Wildman–Crippen LogP) is 0.0746. The van der Waals surface area contributed by atoms with Crippen molar-refractivity contribution in [1.82, 2.24) is 35.8 Å². The molecule has 0 aliphatic carbocycles. The van der Waals surface area contributed by atoms with E-state index in [2.05, 4.69) is 56.3 Å². The minimum Gasteiger partial charge on any atom is -0.463 e. The summed E-state index contributed by atoms with van der Waals surface area (Å²) in [4.78, 5) is 15.3. The van der Waals surface area contributed by atoms with Crippen molar-refractivity contribution in [2.75, 3.05) is 6.61 Å². The molecule has 13 nitrogen and oxygen atoms in total. The van der Waals surface area contributed by atoms with Crippen molar-refractivity contribution in [3.8, 4) is 0 Å². The van der Waals surface area contributed by atoms with Crippen LogP contribution in [0.2, 0.25) is 0 Å². The van der Waals surface area contributed by atoms with Crippen molar-refractivity contribution in [3.63, 3.8) is 0 Å². The first-order chi connectivity index (χ1) is 9.79. The third-order valence-electron chi connectivity index (χ3n) is 1.75. The Morgan fingerprint density at radius 1 is 1.45 bits per heavy atom. The van der Waals surface area contributed by atoms with Crippen LogP contribution in [0.3, 0.4) is 0 Å². The summed E-state index contributed by atoms with van der Waals surface area (Å²) in [6, 6.07) is 0. The van der Waals surface area contributed by atoms with Gasteiger partial charge in [-0.2, -0.15) is 15.3 Å². The van der Waals surface area contributed by atoms with Gasteiger partial charge in [0.2, 0.25) is 0 Å². The number of hydrogen-bond donors (Lipinski definition) is 2. The third-order valence-corrected chi connectivity index (χ3v) is 1.75. The number of rotatable bonds is 6. The second kappa shape index (κ2) is 6.72. The molecule has 104 valence electrons. The molecule has 2 aromatic rings. The van der Waals surface area contributed by atoms with E-state index in [9.17, 15) is 4.79 Å². The van der Waals surface area contributed by atoms with Gasteiger partial charge < -0.3 is 4.74 Å².